The lowest BCUT2D eigenvalue weighted by Gasteiger charge is -2.12. The van der Waals surface area contributed by atoms with Gasteiger partial charge in [-0.2, -0.15) is 13.2 Å². The van der Waals surface area contributed by atoms with Gasteiger partial charge in [0.1, 0.15) is 11.6 Å². The van der Waals surface area contributed by atoms with Gasteiger partial charge in [-0.1, -0.05) is 6.07 Å². The molecule has 42 heavy (non-hydrogen) atoms. The molecular formula is C27H24F3N9O3. The molecule has 0 fully saturated rings. The monoisotopic (exact) mass is 579 g/mol. The SMILES string of the molecule is C/C(C=Nc1c(C)c(=O)n(Cc2ccccn2)c(=O)n1C)=C(\C)C(=O)Nc1ccnc(-c2cnc(C(F)(F)F)nc2)n1. The summed E-state index contributed by atoms with van der Waals surface area (Å²) in [6, 6.07) is 6.60. The largest absolute Gasteiger partial charge is 0.451 e. The number of carbonyl (C=O) groups excluding carboxylic acids is 1. The van der Waals surface area contributed by atoms with Crippen molar-refractivity contribution in [3.05, 3.63) is 98.1 Å². The van der Waals surface area contributed by atoms with E-state index < -0.39 is 29.2 Å². The number of nitrogens with one attached hydrogen (secondary N) is 1. The van der Waals surface area contributed by atoms with E-state index in [9.17, 15) is 27.6 Å². The molecule has 0 unspecified atom stereocenters. The van der Waals surface area contributed by atoms with E-state index in [-0.39, 0.29) is 40.7 Å². The summed E-state index contributed by atoms with van der Waals surface area (Å²) in [6.07, 6.45) is 1.45. The molecule has 0 spiro atoms. The average molecular weight is 580 g/mol. The molecule has 0 saturated heterocycles. The van der Waals surface area contributed by atoms with Crippen LogP contribution in [0.15, 0.2) is 74.8 Å². The number of rotatable bonds is 7. The Morgan fingerprint density at radius 1 is 1.05 bits per heavy atom. The maximum atomic E-state index is 12.9. The Kier molecular flexibility index (Phi) is 8.49. The number of pyridine rings is 1. The zero-order chi connectivity index (χ0) is 30.6. The number of amides is 1. The van der Waals surface area contributed by atoms with E-state index in [0.717, 1.165) is 17.0 Å². The van der Waals surface area contributed by atoms with Crippen molar-refractivity contribution < 1.29 is 18.0 Å². The molecular weight excluding hydrogens is 555 g/mol. The zero-order valence-corrected chi connectivity index (χ0v) is 22.8. The second kappa shape index (κ2) is 12.0. The van der Waals surface area contributed by atoms with Crippen molar-refractivity contribution in [2.24, 2.45) is 12.0 Å². The molecule has 4 heterocycles. The molecule has 4 aromatic heterocycles. The van der Waals surface area contributed by atoms with Crippen LogP contribution in [0.3, 0.4) is 0 Å². The molecule has 4 aromatic rings. The highest BCUT2D eigenvalue weighted by atomic mass is 19.4. The Balaban J connectivity index is 1.53. The molecule has 0 aliphatic carbocycles. The Labute approximate surface area is 236 Å². The predicted molar refractivity (Wildman–Crippen MR) is 147 cm³/mol. The number of allylic oxidation sites excluding steroid dienone is 1. The second-order valence-corrected chi connectivity index (χ2v) is 9.08. The van der Waals surface area contributed by atoms with Gasteiger partial charge in [-0.05, 0) is 44.5 Å². The lowest BCUT2D eigenvalue weighted by molar-refractivity contribution is -0.145. The van der Waals surface area contributed by atoms with Crippen LogP contribution in [0.5, 0.6) is 0 Å². The van der Waals surface area contributed by atoms with Crippen LogP contribution in [0.1, 0.15) is 30.9 Å². The average Bonchev–Trinajstić information content (AvgIpc) is 2.98. The van der Waals surface area contributed by atoms with Crippen molar-refractivity contribution in [1.29, 1.82) is 0 Å². The van der Waals surface area contributed by atoms with Crippen LogP contribution < -0.4 is 16.6 Å². The van der Waals surface area contributed by atoms with E-state index in [4.69, 9.17) is 0 Å². The summed E-state index contributed by atoms with van der Waals surface area (Å²) in [4.78, 5) is 62.0. The fourth-order valence-corrected chi connectivity index (χ4v) is 3.69. The molecule has 4 rings (SSSR count). The van der Waals surface area contributed by atoms with Gasteiger partial charge in [0.15, 0.2) is 5.82 Å². The summed E-state index contributed by atoms with van der Waals surface area (Å²) in [7, 11) is 1.49. The smallest absolute Gasteiger partial charge is 0.307 e. The lowest BCUT2D eigenvalue weighted by atomic mass is 10.1. The van der Waals surface area contributed by atoms with E-state index in [1.807, 2.05) is 0 Å². The van der Waals surface area contributed by atoms with Crippen molar-refractivity contribution >= 4 is 23.8 Å². The van der Waals surface area contributed by atoms with Crippen LogP contribution >= 0.6 is 0 Å². The highest BCUT2D eigenvalue weighted by molar-refractivity contribution is 6.06. The third kappa shape index (κ3) is 6.51. The summed E-state index contributed by atoms with van der Waals surface area (Å²) >= 11 is 0. The summed E-state index contributed by atoms with van der Waals surface area (Å²) in [5.74, 6) is -1.61. The molecule has 216 valence electrons. The summed E-state index contributed by atoms with van der Waals surface area (Å²) in [5, 5.41) is 2.59. The normalized spacial score (nSPS) is 12.4. The third-order valence-electron chi connectivity index (χ3n) is 6.16. The maximum Gasteiger partial charge on any atom is 0.451 e. The van der Waals surface area contributed by atoms with Crippen molar-refractivity contribution in [2.75, 3.05) is 5.32 Å². The first kappa shape index (κ1) is 29.6. The maximum absolute atomic E-state index is 12.9. The molecule has 0 aliphatic rings. The molecule has 15 heteroatoms. The van der Waals surface area contributed by atoms with Crippen LogP contribution in [0, 0.1) is 6.92 Å². The Bertz CT molecular complexity index is 1770. The van der Waals surface area contributed by atoms with E-state index in [0.29, 0.717) is 11.3 Å². The van der Waals surface area contributed by atoms with Crippen molar-refractivity contribution in [3.63, 3.8) is 0 Å². The highest BCUT2D eigenvalue weighted by Crippen LogP contribution is 2.26. The van der Waals surface area contributed by atoms with Gasteiger partial charge in [0, 0.05) is 43.6 Å². The van der Waals surface area contributed by atoms with Gasteiger partial charge in [-0.25, -0.2) is 29.7 Å². The molecule has 0 radical (unpaired) electrons. The van der Waals surface area contributed by atoms with Crippen LogP contribution in [0.2, 0.25) is 0 Å². The zero-order valence-electron chi connectivity index (χ0n) is 22.8. The van der Waals surface area contributed by atoms with Crippen LogP contribution in [-0.4, -0.2) is 46.2 Å². The quantitative estimate of drug-likeness (QED) is 0.259. The Morgan fingerprint density at radius 2 is 1.76 bits per heavy atom. The first-order valence-electron chi connectivity index (χ1n) is 12.3. The summed E-state index contributed by atoms with van der Waals surface area (Å²) in [5.41, 5.74) is 0.515. The van der Waals surface area contributed by atoms with Gasteiger partial charge in [0.25, 0.3) is 11.5 Å². The molecule has 1 amide bonds. The Hall–Kier alpha value is -5.34. The minimum atomic E-state index is -4.69. The van der Waals surface area contributed by atoms with Gasteiger partial charge in [-0.15, -0.1) is 0 Å². The van der Waals surface area contributed by atoms with E-state index in [2.05, 4.69) is 35.2 Å². The third-order valence-corrected chi connectivity index (χ3v) is 6.16. The van der Waals surface area contributed by atoms with Crippen molar-refractivity contribution in [1.82, 2.24) is 34.1 Å². The van der Waals surface area contributed by atoms with Crippen LogP contribution in [-0.2, 0) is 24.6 Å². The Morgan fingerprint density at radius 3 is 2.40 bits per heavy atom. The molecule has 12 nitrogen and oxygen atoms in total. The molecule has 0 atom stereocenters. The van der Waals surface area contributed by atoms with Gasteiger partial charge >= 0.3 is 11.9 Å². The van der Waals surface area contributed by atoms with Gasteiger partial charge in [0.05, 0.1) is 23.4 Å². The van der Waals surface area contributed by atoms with Gasteiger partial charge in [0.2, 0.25) is 5.82 Å². The predicted octanol–water partition coefficient (Wildman–Crippen LogP) is 3.24. The van der Waals surface area contributed by atoms with Crippen LogP contribution in [0.25, 0.3) is 11.4 Å². The molecule has 0 aromatic carbocycles. The lowest BCUT2D eigenvalue weighted by Crippen LogP contribution is -2.40. The number of hydrogen-bond acceptors (Lipinski definition) is 9. The molecule has 0 bridgehead atoms. The summed E-state index contributed by atoms with van der Waals surface area (Å²) < 4.78 is 40.5. The number of aromatic nitrogens is 7. The van der Waals surface area contributed by atoms with Crippen molar-refractivity contribution in [2.45, 2.75) is 33.5 Å². The fourth-order valence-electron chi connectivity index (χ4n) is 3.69. The van der Waals surface area contributed by atoms with E-state index in [1.165, 1.54) is 30.1 Å². The molecule has 0 saturated carbocycles. The topological polar surface area (TPSA) is 150 Å². The minimum absolute atomic E-state index is 0.00599. The minimum Gasteiger partial charge on any atom is -0.307 e. The number of carbonyl (C=O) groups is 1. The van der Waals surface area contributed by atoms with Gasteiger partial charge < -0.3 is 5.32 Å². The number of halogens is 3. The number of aliphatic imine (C=N–C) groups is 1. The first-order valence-corrected chi connectivity index (χ1v) is 12.3. The highest BCUT2D eigenvalue weighted by Gasteiger charge is 2.34. The fraction of sp³-hybridized carbons (Fsp3) is 0.222. The second-order valence-electron chi connectivity index (χ2n) is 9.08. The van der Waals surface area contributed by atoms with Crippen LogP contribution in [0.4, 0.5) is 24.8 Å². The first-order chi connectivity index (χ1) is 19.9. The number of nitrogens with zero attached hydrogens (tertiary/aromatic N) is 8. The van der Waals surface area contributed by atoms with E-state index in [1.54, 1.807) is 45.2 Å². The molecule has 1 N–H and O–H groups in total. The van der Waals surface area contributed by atoms with E-state index >= 15 is 0 Å². The molecule has 0 aliphatic heterocycles. The number of hydrogen-bond donors (Lipinski definition) is 1. The number of alkyl halides is 3. The van der Waals surface area contributed by atoms with Crippen molar-refractivity contribution in [3.8, 4) is 11.4 Å². The number of anilines is 1. The summed E-state index contributed by atoms with van der Waals surface area (Å²) in [6.45, 7) is 4.72. The van der Waals surface area contributed by atoms with Gasteiger partial charge in [-0.3, -0.25) is 23.7 Å². The standard InChI is InChI=1S/C27H24F3N9O3/c1-15(11-33-22-17(3)24(41)39(26(42)38(22)4)14-19-7-5-6-9-31-19)16(2)23(40)37-20-8-10-32-21(36-20)18-12-34-25(35-13-18)27(28,29)30/h5-13H,14H2,1-4H3,(H,32,36,37,40)/b16-15-,33-11?.